The Bertz CT molecular complexity index is 554. The van der Waals surface area contributed by atoms with Crippen molar-refractivity contribution in [1.29, 1.82) is 0 Å². The van der Waals surface area contributed by atoms with Crippen LogP contribution >= 0.6 is 11.3 Å². The van der Waals surface area contributed by atoms with Crippen LogP contribution in [0.4, 0.5) is 0 Å². The van der Waals surface area contributed by atoms with Crippen LogP contribution in [-0.2, 0) is 6.54 Å². The fourth-order valence-corrected chi connectivity index (χ4v) is 3.38. The molecule has 5 heteroatoms. The van der Waals surface area contributed by atoms with Crippen molar-refractivity contribution in [3.63, 3.8) is 0 Å². The molecule has 2 heterocycles. The third-order valence-corrected chi connectivity index (χ3v) is 4.31. The lowest BCUT2D eigenvalue weighted by atomic mass is 10.3. The van der Waals surface area contributed by atoms with Gasteiger partial charge in [-0.3, -0.25) is 4.90 Å². The van der Waals surface area contributed by atoms with E-state index in [1.165, 1.54) is 4.70 Å². The SMILES string of the molecule is COc1ccc2nc(CN3CCC(N)C3)sc2c1. The van der Waals surface area contributed by atoms with Crippen molar-refractivity contribution in [2.75, 3.05) is 20.2 Å². The highest BCUT2D eigenvalue weighted by molar-refractivity contribution is 7.18. The number of rotatable bonds is 3. The van der Waals surface area contributed by atoms with Gasteiger partial charge < -0.3 is 10.5 Å². The molecule has 4 nitrogen and oxygen atoms in total. The maximum absolute atomic E-state index is 5.92. The normalized spacial score (nSPS) is 20.7. The Balaban J connectivity index is 1.80. The number of hydrogen-bond donors (Lipinski definition) is 1. The molecule has 1 saturated heterocycles. The zero-order valence-corrected chi connectivity index (χ0v) is 11.2. The van der Waals surface area contributed by atoms with E-state index in [4.69, 9.17) is 10.5 Å². The third kappa shape index (κ3) is 2.34. The smallest absolute Gasteiger partial charge is 0.120 e. The molecule has 1 atom stereocenters. The monoisotopic (exact) mass is 263 g/mol. The highest BCUT2D eigenvalue weighted by atomic mass is 32.1. The number of hydrogen-bond acceptors (Lipinski definition) is 5. The lowest BCUT2D eigenvalue weighted by Gasteiger charge is -2.12. The highest BCUT2D eigenvalue weighted by Crippen LogP contribution is 2.27. The Morgan fingerprint density at radius 3 is 3.17 bits per heavy atom. The van der Waals surface area contributed by atoms with Crippen LogP contribution in [0.5, 0.6) is 5.75 Å². The van der Waals surface area contributed by atoms with Gasteiger partial charge in [-0.15, -0.1) is 11.3 Å². The molecular formula is C13H17N3OS. The van der Waals surface area contributed by atoms with Crippen LogP contribution in [0.3, 0.4) is 0 Å². The van der Waals surface area contributed by atoms with Gasteiger partial charge in [-0.2, -0.15) is 0 Å². The average Bonchev–Trinajstić information content (AvgIpc) is 2.94. The molecule has 96 valence electrons. The van der Waals surface area contributed by atoms with Crippen LogP contribution in [0.2, 0.25) is 0 Å². The molecule has 1 fully saturated rings. The summed E-state index contributed by atoms with van der Waals surface area (Å²) in [6.07, 6.45) is 1.10. The number of nitrogens with two attached hydrogens (primary N) is 1. The molecule has 1 aliphatic heterocycles. The quantitative estimate of drug-likeness (QED) is 0.918. The Morgan fingerprint density at radius 1 is 1.56 bits per heavy atom. The first kappa shape index (κ1) is 11.9. The van der Waals surface area contributed by atoms with E-state index >= 15 is 0 Å². The van der Waals surface area contributed by atoms with Crippen LogP contribution in [0.25, 0.3) is 10.2 Å². The van der Waals surface area contributed by atoms with E-state index in [9.17, 15) is 0 Å². The molecule has 0 bridgehead atoms. The Hall–Kier alpha value is -1.17. The lowest BCUT2D eigenvalue weighted by Crippen LogP contribution is -2.26. The Labute approximate surface area is 110 Å². The summed E-state index contributed by atoms with van der Waals surface area (Å²) in [4.78, 5) is 7.03. The summed E-state index contributed by atoms with van der Waals surface area (Å²) in [6.45, 7) is 2.98. The van der Waals surface area contributed by atoms with Crippen molar-refractivity contribution in [2.24, 2.45) is 5.73 Å². The lowest BCUT2D eigenvalue weighted by molar-refractivity contribution is 0.326. The van der Waals surface area contributed by atoms with Gasteiger partial charge in [0.15, 0.2) is 0 Å². The summed E-state index contributed by atoms with van der Waals surface area (Å²) in [6, 6.07) is 6.35. The van der Waals surface area contributed by atoms with Crippen LogP contribution in [-0.4, -0.2) is 36.1 Å². The van der Waals surface area contributed by atoms with Gasteiger partial charge in [0.25, 0.3) is 0 Å². The molecule has 0 aliphatic carbocycles. The molecule has 1 aromatic carbocycles. The number of benzene rings is 1. The molecule has 18 heavy (non-hydrogen) atoms. The number of aromatic nitrogens is 1. The standard InChI is InChI=1S/C13H17N3OS/c1-17-10-2-3-11-12(6-10)18-13(15-11)8-16-5-4-9(14)7-16/h2-3,6,9H,4-5,7-8,14H2,1H3. The molecule has 0 radical (unpaired) electrons. The Morgan fingerprint density at radius 2 is 2.44 bits per heavy atom. The first-order valence-corrected chi connectivity index (χ1v) is 6.97. The van der Waals surface area contributed by atoms with E-state index in [0.717, 1.165) is 42.3 Å². The number of nitrogens with zero attached hydrogens (tertiary/aromatic N) is 2. The fraction of sp³-hybridized carbons (Fsp3) is 0.462. The van der Waals surface area contributed by atoms with Crippen LogP contribution in [0.15, 0.2) is 18.2 Å². The number of ether oxygens (including phenoxy) is 1. The molecule has 2 aromatic rings. The summed E-state index contributed by atoms with van der Waals surface area (Å²) in [5.41, 5.74) is 6.97. The molecule has 1 unspecified atom stereocenters. The van der Waals surface area contributed by atoms with E-state index in [2.05, 4.69) is 9.88 Å². The van der Waals surface area contributed by atoms with Gasteiger partial charge in [0, 0.05) is 19.1 Å². The van der Waals surface area contributed by atoms with Gasteiger partial charge in [0.1, 0.15) is 10.8 Å². The van der Waals surface area contributed by atoms with Gasteiger partial charge in [0.2, 0.25) is 0 Å². The van der Waals surface area contributed by atoms with Gasteiger partial charge in [-0.05, 0) is 24.6 Å². The second-order valence-electron chi connectivity index (χ2n) is 4.73. The first-order valence-electron chi connectivity index (χ1n) is 6.16. The minimum Gasteiger partial charge on any atom is -0.497 e. The van der Waals surface area contributed by atoms with Crippen molar-refractivity contribution in [3.05, 3.63) is 23.2 Å². The van der Waals surface area contributed by atoms with E-state index in [1.807, 2.05) is 18.2 Å². The maximum Gasteiger partial charge on any atom is 0.120 e. The minimum absolute atomic E-state index is 0.333. The Kier molecular flexibility index (Phi) is 3.20. The van der Waals surface area contributed by atoms with Crippen molar-refractivity contribution in [1.82, 2.24) is 9.88 Å². The molecule has 2 N–H and O–H groups in total. The van der Waals surface area contributed by atoms with E-state index in [1.54, 1.807) is 18.4 Å². The van der Waals surface area contributed by atoms with Crippen LogP contribution < -0.4 is 10.5 Å². The topological polar surface area (TPSA) is 51.4 Å². The van der Waals surface area contributed by atoms with Crippen molar-refractivity contribution >= 4 is 21.6 Å². The second-order valence-corrected chi connectivity index (χ2v) is 5.84. The summed E-state index contributed by atoms with van der Waals surface area (Å²) in [5.74, 6) is 0.890. The molecule has 0 spiro atoms. The zero-order valence-electron chi connectivity index (χ0n) is 10.4. The van der Waals surface area contributed by atoms with E-state index in [0.29, 0.717) is 6.04 Å². The molecule has 1 aliphatic rings. The van der Waals surface area contributed by atoms with Gasteiger partial charge in [-0.25, -0.2) is 4.98 Å². The second kappa shape index (κ2) is 4.84. The molecule has 0 saturated carbocycles. The number of fused-ring (bicyclic) bond motifs is 1. The van der Waals surface area contributed by atoms with Gasteiger partial charge >= 0.3 is 0 Å². The zero-order chi connectivity index (χ0) is 12.5. The first-order chi connectivity index (χ1) is 8.74. The molecular weight excluding hydrogens is 246 g/mol. The fourth-order valence-electron chi connectivity index (χ4n) is 2.34. The number of likely N-dealkylation sites (tertiary alicyclic amines) is 1. The maximum atomic E-state index is 5.92. The van der Waals surface area contributed by atoms with E-state index < -0.39 is 0 Å². The minimum atomic E-state index is 0.333. The highest BCUT2D eigenvalue weighted by Gasteiger charge is 2.20. The van der Waals surface area contributed by atoms with Gasteiger partial charge in [0.05, 0.1) is 23.9 Å². The van der Waals surface area contributed by atoms with Crippen molar-refractivity contribution < 1.29 is 4.74 Å². The molecule has 1 aromatic heterocycles. The predicted octanol–water partition coefficient (Wildman–Crippen LogP) is 1.84. The predicted molar refractivity (Wildman–Crippen MR) is 74.0 cm³/mol. The largest absolute Gasteiger partial charge is 0.497 e. The summed E-state index contributed by atoms with van der Waals surface area (Å²) in [5, 5.41) is 1.16. The van der Waals surface area contributed by atoms with Gasteiger partial charge in [-0.1, -0.05) is 0 Å². The van der Waals surface area contributed by atoms with Crippen molar-refractivity contribution in [3.8, 4) is 5.75 Å². The van der Waals surface area contributed by atoms with Crippen LogP contribution in [0.1, 0.15) is 11.4 Å². The third-order valence-electron chi connectivity index (χ3n) is 3.31. The number of thiazole rings is 1. The number of methoxy groups -OCH3 is 1. The summed E-state index contributed by atoms with van der Waals surface area (Å²) < 4.78 is 6.42. The van der Waals surface area contributed by atoms with E-state index in [-0.39, 0.29) is 0 Å². The molecule has 3 rings (SSSR count). The molecule has 0 amide bonds. The summed E-state index contributed by atoms with van der Waals surface area (Å²) >= 11 is 1.74. The van der Waals surface area contributed by atoms with Crippen molar-refractivity contribution in [2.45, 2.75) is 19.0 Å². The van der Waals surface area contributed by atoms with Crippen LogP contribution in [0, 0.1) is 0 Å². The average molecular weight is 263 g/mol. The summed E-state index contributed by atoms with van der Waals surface area (Å²) in [7, 11) is 1.69.